The molecule has 2 N–H and O–H groups in total. The van der Waals surface area contributed by atoms with Crippen LogP contribution in [0.4, 0.5) is 0 Å². The van der Waals surface area contributed by atoms with Gasteiger partial charge in [0, 0.05) is 11.8 Å². The SMILES string of the molecule is COc1ccc2nc(SCCS(=O)(=O)O)[nH]c2c1. The summed E-state index contributed by atoms with van der Waals surface area (Å²) in [7, 11) is -2.33. The average molecular weight is 288 g/mol. The van der Waals surface area contributed by atoms with Crippen LogP contribution in [0, 0.1) is 0 Å². The number of rotatable bonds is 5. The summed E-state index contributed by atoms with van der Waals surface area (Å²) >= 11 is 1.24. The van der Waals surface area contributed by atoms with Gasteiger partial charge in [0.1, 0.15) is 5.75 Å². The van der Waals surface area contributed by atoms with E-state index in [4.69, 9.17) is 9.29 Å². The normalized spacial score (nSPS) is 11.9. The molecule has 1 aromatic carbocycles. The Balaban J connectivity index is 2.10. The minimum atomic E-state index is -3.92. The minimum absolute atomic E-state index is 0.246. The maximum absolute atomic E-state index is 10.6. The predicted molar refractivity (Wildman–Crippen MR) is 69.8 cm³/mol. The molecule has 0 spiro atoms. The van der Waals surface area contributed by atoms with Crippen molar-refractivity contribution in [2.24, 2.45) is 0 Å². The second-order valence-corrected chi connectivity index (χ2v) is 6.22. The van der Waals surface area contributed by atoms with Gasteiger partial charge in [-0.2, -0.15) is 8.42 Å². The van der Waals surface area contributed by atoms with Crippen LogP contribution in [0.3, 0.4) is 0 Å². The Bertz CT molecular complexity index is 651. The van der Waals surface area contributed by atoms with Crippen LogP contribution in [0.2, 0.25) is 0 Å². The second-order valence-electron chi connectivity index (χ2n) is 3.56. The first kappa shape index (κ1) is 13.2. The van der Waals surface area contributed by atoms with Crippen molar-refractivity contribution in [3.8, 4) is 5.75 Å². The highest BCUT2D eigenvalue weighted by atomic mass is 32.2. The van der Waals surface area contributed by atoms with Gasteiger partial charge in [-0.05, 0) is 12.1 Å². The van der Waals surface area contributed by atoms with Crippen molar-refractivity contribution in [1.82, 2.24) is 9.97 Å². The van der Waals surface area contributed by atoms with Crippen LogP contribution in [-0.4, -0.2) is 41.6 Å². The summed E-state index contributed by atoms with van der Waals surface area (Å²) in [5.74, 6) is 0.675. The van der Waals surface area contributed by atoms with Crippen LogP contribution in [-0.2, 0) is 10.1 Å². The number of ether oxygens (including phenoxy) is 1. The highest BCUT2D eigenvalue weighted by Gasteiger charge is 2.08. The number of aromatic amines is 1. The number of fused-ring (bicyclic) bond motifs is 1. The molecule has 0 aliphatic rings. The third kappa shape index (κ3) is 3.37. The number of H-pyrrole nitrogens is 1. The molecule has 0 bridgehead atoms. The Morgan fingerprint density at radius 3 is 2.94 bits per heavy atom. The Morgan fingerprint density at radius 1 is 1.50 bits per heavy atom. The van der Waals surface area contributed by atoms with Gasteiger partial charge >= 0.3 is 0 Å². The van der Waals surface area contributed by atoms with Crippen LogP contribution in [0.1, 0.15) is 0 Å². The van der Waals surface area contributed by atoms with Crippen molar-refractivity contribution in [3.63, 3.8) is 0 Å². The summed E-state index contributed by atoms with van der Waals surface area (Å²) < 4.78 is 34.9. The van der Waals surface area contributed by atoms with E-state index in [9.17, 15) is 8.42 Å². The number of nitrogens with zero attached hydrogens (tertiary/aromatic N) is 1. The van der Waals surface area contributed by atoms with E-state index in [1.54, 1.807) is 13.2 Å². The van der Waals surface area contributed by atoms with Gasteiger partial charge in [-0.1, -0.05) is 11.8 Å². The Labute approximate surface area is 109 Å². The first-order valence-corrected chi connectivity index (χ1v) is 7.69. The fourth-order valence-corrected chi connectivity index (χ4v) is 3.12. The minimum Gasteiger partial charge on any atom is -0.497 e. The Morgan fingerprint density at radius 2 is 2.28 bits per heavy atom. The summed E-state index contributed by atoms with van der Waals surface area (Å²) in [5, 5.41) is 0.613. The average Bonchev–Trinajstić information content (AvgIpc) is 2.68. The third-order valence-corrected chi connectivity index (χ3v) is 4.10. The van der Waals surface area contributed by atoms with Gasteiger partial charge in [-0.15, -0.1) is 0 Å². The molecule has 18 heavy (non-hydrogen) atoms. The maximum Gasteiger partial charge on any atom is 0.265 e. The zero-order valence-corrected chi connectivity index (χ0v) is 11.2. The number of hydrogen-bond donors (Lipinski definition) is 2. The monoisotopic (exact) mass is 288 g/mol. The van der Waals surface area contributed by atoms with Gasteiger partial charge < -0.3 is 9.72 Å². The van der Waals surface area contributed by atoms with Crippen molar-refractivity contribution in [2.75, 3.05) is 18.6 Å². The number of benzene rings is 1. The molecule has 0 fully saturated rings. The van der Waals surface area contributed by atoms with E-state index in [0.29, 0.717) is 5.16 Å². The van der Waals surface area contributed by atoms with E-state index in [0.717, 1.165) is 16.8 Å². The van der Waals surface area contributed by atoms with E-state index in [1.165, 1.54) is 11.8 Å². The number of aromatic nitrogens is 2. The molecule has 98 valence electrons. The maximum atomic E-state index is 10.6. The van der Waals surface area contributed by atoms with Gasteiger partial charge in [-0.25, -0.2) is 4.98 Å². The Hall–Kier alpha value is -1.25. The van der Waals surface area contributed by atoms with Crippen LogP contribution in [0.15, 0.2) is 23.4 Å². The fourth-order valence-electron chi connectivity index (χ4n) is 1.40. The summed E-state index contributed by atoms with van der Waals surface area (Å²) in [5.41, 5.74) is 1.61. The summed E-state index contributed by atoms with van der Waals surface area (Å²) in [6, 6.07) is 5.43. The lowest BCUT2D eigenvalue weighted by atomic mass is 10.3. The second kappa shape index (κ2) is 5.17. The molecule has 2 rings (SSSR count). The van der Waals surface area contributed by atoms with Crippen molar-refractivity contribution < 1.29 is 17.7 Å². The summed E-state index contributed by atoms with van der Waals surface area (Å²) in [4.78, 5) is 7.34. The highest BCUT2D eigenvalue weighted by Crippen LogP contribution is 2.23. The molecule has 1 heterocycles. The number of thioether (sulfide) groups is 1. The highest BCUT2D eigenvalue weighted by molar-refractivity contribution is 8.00. The van der Waals surface area contributed by atoms with Crippen molar-refractivity contribution in [1.29, 1.82) is 0 Å². The molecule has 2 aromatic rings. The van der Waals surface area contributed by atoms with E-state index < -0.39 is 10.1 Å². The molecule has 0 saturated heterocycles. The van der Waals surface area contributed by atoms with Crippen LogP contribution < -0.4 is 4.74 Å². The molecule has 0 aliphatic carbocycles. The summed E-state index contributed by atoms with van der Waals surface area (Å²) in [6.45, 7) is 0. The molecule has 6 nitrogen and oxygen atoms in total. The number of hydrogen-bond acceptors (Lipinski definition) is 5. The van der Waals surface area contributed by atoms with Gasteiger partial charge in [0.15, 0.2) is 5.16 Å². The van der Waals surface area contributed by atoms with Gasteiger partial charge in [0.25, 0.3) is 10.1 Å². The first-order chi connectivity index (χ1) is 8.48. The Kier molecular flexibility index (Phi) is 3.79. The third-order valence-electron chi connectivity index (χ3n) is 2.25. The fraction of sp³-hybridized carbons (Fsp3) is 0.300. The molecular formula is C10H12N2O4S2. The molecule has 8 heteroatoms. The smallest absolute Gasteiger partial charge is 0.265 e. The number of methoxy groups -OCH3 is 1. The molecule has 1 aromatic heterocycles. The lowest BCUT2D eigenvalue weighted by molar-refractivity contribution is 0.415. The number of nitrogens with one attached hydrogen (secondary N) is 1. The molecule has 0 amide bonds. The zero-order chi connectivity index (χ0) is 13.2. The van der Waals surface area contributed by atoms with Crippen LogP contribution in [0.25, 0.3) is 11.0 Å². The van der Waals surface area contributed by atoms with E-state index >= 15 is 0 Å². The van der Waals surface area contributed by atoms with E-state index in [-0.39, 0.29) is 11.5 Å². The molecule has 0 saturated carbocycles. The van der Waals surface area contributed by atoms with Crippen molar-refractivity contribution >= 4 is 32.9 Å². The van der Waals surface area contributed by atoms with Crippen molar-refractivity contribution in [2.45, 2.75) is 5.16 Å². The zero-order valence-electron chi connectivity index (χ0n) is 9.58. The first-order valence-electron chi connectivity index (χ1n) is 5.10. The largest absolute Gasteiger partial charge is 0.497 e. The van der Waals surface area contributed by atoms with Gasteiger partial charge in [0.2, 0.25) is 0 Å². The van der Waals surface area contributed by atoms with Gasteiger partial charge in [0.05, 0.1) is 23.9 Å². The van der Waals surface area contributed by atoms with E-state index in [1.807, 2.05) is 12.1 Å². The number of imidazole rings is 1. The predicted octanol–water partition coefficient (Wildman–Crippen LogP) is 1.55. The van der Waals surface area contributed by atoms with Crippen molar-refractivity contribution in [3.05, 3.63) is 18.2 Å². The van der Waals surface area contributed by atoms with E-state index in [2.05, 4.69) is 9.97 Å². The lowest BCUT2D eigenvalue weighted by Crippen LogP contribution is -2.05. The molecule has 0 atom stereocenters. The molecule has 0 radical (unpaired) electrons. The topological polar surface area (TPSA) is 92.3 Å². The quantitative estimate of drug-likeness (QED) is 0.640. The molecule has 0 unspecified atom stereocenters. The van der Waals surface area contributed by atoms with Crippen LogP contribution in [0.5, 0.6) is 5.75 Å². The van der Waals surface area contributed by atoms with Gasteiger partial charge in [-0.3, -0.25) is 4.55 Å². The standard InChI is InChI=1S/C10H12N2O4S2/c1-16-7-2-3-8-9(6-7)12-10(11-8)17-4-5-18(13,14)15/h2-3,6H,4-5H2,1H3,(H,11,12)(H,13,14,15). The molecular weight excluding hydrogens is 276 g/mol. The summed E-state index contributed by atoms with van der Waals surface area (Å²) in [6.07, 6.45) is 0. The van der Waals surface area contributed by atoms with Crippen LogP contribution >= 0.6 is 11.8 Å². The molecule has 0 aliphatic heterocycles. The lowest BCUT2D eigenvalue weighted by Gasteiger charge is -1.96.